The van der Waals surface area contributed by atoms with Crippen LogP contribution in [0.15, 0.2) is 67.0 Å². The number of aromatic amines is 1. The van der Waals surface area contributed by atoms with Gasteiger partial charge < -0.3 is 20.3 Å². The van der Waals surface area contributed by atoms with E-state index < -0.39 is 11.8 Å². The first-order valence-electron chi connectivity index (χ1n) is 11.3. The third kappa shape index (κ3) is 5.33. The Kier molecular flexibility index (Phi) is 6.31. The van der Waals surface area contributed by atoms with E-state index in [9.17, 15) is 14.0 Å². The fourth-order valence-electron chi connectivity index (χ4n) is 3.96. The van der Waals surface area contributed by atoms with Crippen molar-refractivity contribution in [2.75, 3.05) is 28.6 Å². The highest BCUT2D eigenvalue weighted by atomic mass is 19.1. The number of ether oxygens (including phenoxy) is 1. The van der Waals surface area contributed by atoms with Crippen LogP contribution in [0.25, 0.3) is 11.3 Å². The Balaban J connectivity index is 1.28. The molecule has 0 bridgehead atoms. The van der Waals surface area contributed by atoms with Gasteiger partial charge in [-0.25, -0.2) is 14.2 Å². The van der Waals surface area contributed by atoms with Gasteiger partial charge in [0.2, 0.25) is 5.88 Å². The number of hydrogen-bond acceptors (Lipinski definition) is 6. The zero-order valence-electron chi connectivity index (χ0n) is 19.4. The molecule has 0 spiro atoms. The van der Waals surface area contributed by atoms with Crippen LogP contribution in [0.5, 0.6) is 11.6 Å². The molecule has 4 aromatic rings. The Labute approximate surface area is 206 Å². The minimum atomic E-state index is -0.613. The lowest BCUT2D eigenvalue weighted by Crippen LogP contribution is -2.22. The topological polar surface area (TPSA) is 112 Å². The minimum Gasteiger partial charge on any atom is -0.439 e. The Bertz CT molecular complexity index is 1420. The summed E-state index contributed by atoms with van der Waals surface area (Å²) in [5, 5.41) is 11.9. The molecule has 1 aliphatic heterocycles. The normalized spacial score (nSPS) is 13.1. The first-order valence-corrected chi connectivity index (χ1v) is 11.3. The van der Waals surface area contributed by atoms with Gasteiger partial charge in [-0.3, -0.25) is 9.89 Å². The summed E-state index contributed by atoms with van der Waals surface area (Å²) in [6.07, 6.45) is 3.87. The number of nitrogens with one attached hydrogen (secondary N) is 3. The third-order valence-corrected chi connectivity index (χ3v) is 5.64. The number of aromatic nitrogens is 3. The van der Waals surface area contributed by atoms with Gasteiger partial charge >= 0.3 is 6.03 Å². The number of Topliss-reactive ketones (excluding diaryl/α,β-unsaturated/α-hetero) is 1. The number of carbonyl (C=O) groups excluding carboxylic acids is 2. The molecular weight excluding hydrogens is 463 g/mol. The molecule has 0 saturated carbocycles. The van der Waals surface area contributed by atoms with Crippen LogP contribution in [0.4, 0.5) is 26.2 Å². The van der Waals surface area contributed by atoms with Crippen LogP contribution in [-0.4, -0.2) is 40.1 Å². The van der Waals surface area contributed by atoms with Crippen molar-refractivity contribution in [3.8, 4) is 22.9 Å². The van der Waals surface area contributed by atoms with Gasteiger partial charge in [0.15, 0.2) is 5.78 Å². The molecule has 0 atom stereocenters. The van der Waals surface area contributed by atoms with Gasteiger partial charge in [-0.2, -0.15) is 5.10 Å². The summed E-state index contributed by atoms with van der Waals surface area (Å²) in [6.45, 7) is 2.90. The second-order valence-corrected chi connectivity index (χ2v) is 8.44. The maximum Gasteiger partial charge on any atom is 0.323 e. The third-order valence-electron chi connectivity index (χ3n) is 5.64. The first kappa shape index (κ1) is 23.0. The van der Waals surface area contributed by atoms with Gasteiger partial charge in [-0.1, -0.05) is 6.07 Å². The zero-order chi connectivity index (χ0) is 25.1. The van der Waals surface area contributed by atoms with Crippen molar-refractivity contribution in [2.45, 2.75) is 13.3 Å². The van der Waals surface area contributed by atoms with E-state index >= 15 is 0 Å². The lowest BCUT2D eigenvalue weighted by atomic mass is 10.2. The summed E-state index contributed by atoms with van der Waals surface area (Å²) in [4.78, 5) is 30.7. The number of nitrogens with zero attached hydrogens (tertiary/aromatic N) is 3. The highest BCUT2D eigenvalue weighted by molar-refractivity contribution is 6.00. The number of pyridine rings is 1. The average molecular weight is 487 g/mol. The lowest BCUT2D eigenvalue weighted by Gasteiger charge is -2.19. The number of ketones is 1. The maximum atomic E-state index is 14.5. The van der Waals surface area contributed by atoms with Crippen LogP contribution >= 0.6 is 0 Å². The van der Waals surface area contributed by atoms with E-state index in [0.717, 1.165) is 16.8 Å². The number of carbonyl (C=O) groups is 2. The van der Waals surface area contributed by atoms with Gasteiger partial charge in [-0.15, -0.1) is 0 Å². The van der Waals surface area contributed by atoms with Crippen molar-refractivity contribution < 1.29 is 18.7 Å². The lowest BCUT2D eigenvalue weighted by molar-refractivity contribution is -0.116. The molecule has 36 heavy (non-hydrogen) atoms. The molecule has 1 saturated heterocycles. The largest absolute Gasteiger partial charge is 0.439 e. The van der Waals surface area contributed by atoms with E-state index in [1.165, 1.54) is 18.2 Å². The highest BCUT2D eigenvalue weighted by Crippen LogP contribution is 2.28. The molecule has 1 fully saturated rings. The molecule has 3 N–H and O–H groups in total. The van der Waals surface area contributed by atoms with Crippen molar-refractivity contribution in [1.82, 2.24) is 15.2 Å². The Morgan fingerprint density at radius 1 is 1.14 bits per heavy atom. The minimum absolute atomic E-state index is 0.0472. The Morgan fingerprint density at radius 2 is 2.03 bits per heavy atom. The number of amides is 2. The van der Waals surface area contributed by atoms with Crippen LogP contribution in [0, 0.1) is 12.7 Å². The zero-order valence-corrected chi connectivity index (χ0v) is 19.4. The number of H-pyrrole nitrogens is 1. The molecule has 3 heterocycles. The molecule has 1 aliphatic rings. The Hall–Kier alpha value is -4.73. The molecule has 182 valence electrons. The van der Waals surface area contributed by atoms with E-state index in [0.29, 0.717) is 42.5 Å². The predicted octanol–water partition coefficient (Wildman–Crippen LogP) is 5.13. The van der Waals surface area contributed by atoms with Crippen LogP contribution in [0.2, 0.25) is 0 Å². The summed E-state index contributed by atoms with van der Waals surface area (Å²) in [6, 6.07) is 14.3. The van der Waals surface area contributed by atoms with Gasteiger partial charge in [0.05, 0.1) is 24.1 Å². The van der Waals surface area contributed by atoms with E-state index in [4.69, 9.17) is 4.74 Å². The highest BCUT2D eigenvalue weighted by Gasteiger charge is 2.20. The van der Waals surface area contributed by atoms with Gasteiger partial charge in [-0.05, 0) is 48.9 Å². The molecule has 10 heteroatoms. The van der Waals surface area contributed by atoms with Gasteiger partial charge in [0, 0.05) is 48.2 Å². The number of halogens is 1. The summed E-state index contributed by atoms with van der Waals surface area (Å²) in [5.74, 6) is 0.186. The molecule has 0 aliphatic carbocycles. The molecule has 0 unspecified atom stereocenters. The maximum absolute atomic E-state index is 14.5. The smallest absolute Gasteiger partial charge is 0.323 e. The SMILES string of the molecule is Cc1cc(NC(=O)Nc2cc(Oc3cccc(-c4cn[nH]c4)n3)ccc2F)cc(N2CCC(=O)C2)c1. The molecular formula is C26H23FN6O3. The van der Waals surface area contributed by atoms with Crippen molar-refractivity contribution >= 4 is 28.9 Å². The number of aryl methyl sites for hydroxylation is 1. The summed E-state index contributed by atoms with van der Waals surface area (Å²) >= 11 is 0. The predicted molar refractivity (Wildman–Crippen MR) is 134 cm³/mol. The first-order chi connectivity index (χ1) is 17.4. The molecule has 0 radical (unpaired) electrons. The second kappa shape index (κ2) is 9.87. The quantitative estimate of drug-likeness (QED) is 0.348. The van der Waals surface area contributed by atoms with Crippen LogP contribution in [0.1, 0.15) is 12.0 Å². The second-order valence-electron chi connectivity index (χ2n) is 8.44. The van der Waals surface area contributed by atoms with Crippen LogP contribution in [-0.2, 0) is 4.79 Å². The standard InChI is InChI=1S/C26H23FN6O3/c1-16-9-18(11-19(10-16)33-8-7-20(34)15-33)30-26(35)32-24-12-21(5-6-22(24)27)36-25-4-2-3-23(31-25)17-13-28-29-14-17/h2-6,9-14H,7-8,15H2,1H3,(H,28,29)(H2,30,32,35). The van der Waals surface area contributed by atoms with E-state index in [1.807, 2.05) is 24.0 Å². The molecule has 9 nitrogen and oxygen atoms in total. The van der Waals surface area contributed by atoms with Gasteiger partial charge in [0.1, 0.15) is 11.6 Å². The number of anilines is 3. The summed E-state index contributed by atoms with van der Waals surface area (Å²) in [7, 11) is 0. The summed E-state index contributed by atoms with van der Waals surface area (Å²) in [5.41, 5.74) is 3.73. The van der Waals surface area contributed by atoms with Crippen LogP contribution in [0.3, 0.4) is 0 Å². The number of benzene rings is 2. The summed E-state index contributed by atoms with van der Waals surface area (Å²) < 4.78 is 20.3. The van der Waals surface area contributed by atoms with Crippen molar-refractivity contribution in [3.63, 3.8) is 0 Å². The molecule has 2 aromatic carbocycles. The molecule has 2 amide bonds. The van der Waals surface area contributed by atoms with Crippen LogP contribution < -0.4 is 20.3 Å². The van der Waals surface area contributed by atoms with Gasteiger partial charge in [0.25, 0.3) is 0 Å². The average Bonchev–Trinajstić information content (AvgIpc) is 3.53. The number of urea groups is 1. The fraction of sp³-hybridized carbons (Fsp3) is 0.154. The van der Waals surface area contributed by atoms with E-state index in [2.05, 4.69) is 25.8 Å². The molecule has 5 rings (SSSR count). The number of rotatable bonds is 6. The van der Waals surface area contributed by atoms with E-state index in [-0.39, 0.29) is 11.5 Å². The monoisotopic (exact) mass is 486 g/mol. The fourth-order valence-corrected chi connectivity index (χ4v) is 3.96. The van der Waals surface area contributed by atoms with Crippen molar-refractivity contribution in [2.24, 2.45) is 0 Å². The Morgan fingerprint density at radius 3 is 2.81 bits per heavy atom. The van der Waals surface area contributed by atoms with Crippen molar-refractivity contribution in [3.05, 3.63) is 78.4 Å². The number of hydrogen-bond donors (Lipinski definition) is 3. The van der Waals surface area contributed by atoms with E-state index in [1.54, 1.807) is 36.7 Å². The molecule has 2 aromatic heterocycles. The van der Waals surface area contributed by atoms with Crippen molar-refractivity contribution in [1.29, 1.82) is 0 Å².